The van der Waals surface area contributed by atoms with Gasteiger partial charge in [-0.15, -0.1) is 0 Å². The minimum Gasteiger partial charge on any atom is -0.493 e. The Morgan fingerprint density at radius 1 is 0.941 bits per heavy atom. The Hall–Kier alpha value is -4.33. The van der Waals surface area contributed by atoms with Crippen molar-refractivity contribution in [3.05, 3.63) is 93.5 Å². The van der Waals surface area contributed by atoms with Gasteiger partial charge in [-0.25, -0.2) is 4.98 Å². The number of aryl methyl sites for hydroxylation is 2. The highest BCUT2D eigenvalue weighted by atomic mass is 16.5. The molecule has 0 saturated heterocycles. The number of fused-ring (bicyclic) bond motifs is 1. The molecule has 2 heterocycles. The number of pyridine rings is 1. The minimum absolute atomic E-state index is 0.119. The molecule has 0 bridgehead atoms. The normalized spacial score (nSPS) is 10.7. The molecule has 8 heteroatoms. The molecule has 2 aromatic heterocycles. The van der Waals surface area contributed by atoms with Crippen molar-refractivity contribution < 1.29 is 19.0 Å². The fraction of sp³-hybridized carbons (Fsp3) is 0.192. The van der Waals surface area contributed by atoms with Crippen LogP contribution in [0.4, 0.5) is 5.69 Å². The number of ether oxygens (including phenoxy) is 3. The Labute approximate surface area is 196 Å². The number of nitrogens with zero attached hydrogens (tertiary/aromatic N) is 2. The second-order valence-electron chi connectivity index (χ2n) is 7.81. The van der Waals surface area contributed by atoms with Crippen molar-refractivity contribution in [2.45, 2.75) is 20.5 Å². The molecule has 0 saturated carbocycles. The van der Waals surface area contributed by atoms with Crippen molar-refractivity contribution in [1.82, 2.24) is 9.38 Å². The van der Waals surface area contributed by atoms with E-state index in [0.29, 0.717) is 39.8 Å². The molecular formula is C26H25N3O5. The lowest BCUT2D eigenvalue weighted by Crippen LogP contribution is -2.16. The van der Waals surface area contributed by atoms with Crippen LogP contribution in [0.15, 0.2) is 65.6 Å². The SMILES string of the molecule is COc1ccc(C(=O)Nc2ccc(C)c(OCc3cc(=O)n4ccc(C)cc4n3)c2)cc1OC. The van der Waals surface area contributed by atoms with E-state index in [0.717, 1.165) is 11.1 Å². The monoisotopic (exact) mass is 459 g/mol. The maximum absolute atomic E-state index is 12.8. The van der Waals surface area contributed by atoms with Crippen molar-refractivity contribution in [2.75, 3.05) is 19.5 Å². The van der Waals surface area contributed by atoms with Gasteiger partial charge in [-0.1, -0.05) is 6.07 Å². The molecular weight excluding hydrogens is 434 g/mol. The van der Waals surface area contributed by atoms with E-state index in [1.54, 1.807) is 36.5 Å². The molecule has 0 atom stereocenters. The van der Waals surface area contributed by atoms with Gasteiger partial charge >= 0.3 is 0 Å². The summed E-state index contributed by atoms with van der Waals surface area (Å²) < 4.78 is 17.9. The van der Waals surface area contributed by atoms with Crippen LogP contribution in [0.3, 0.4) is 0 Å². The van der Waals surface area contributed by atoms with Crippen molar-refractivity contribution in [3.8, 4) is 17.2 Å². The summed E-state index contributed by atoms with van der Waals surface area (Å²) in [6.07, 6.45) is 1.71. The van der Waals surface area contributed by atoms with Crippen LogP contribution >= 0.6 is 0 Å². The molecule has 174 valence electrons. The van der Waals surface area contributed by atoms with Crippen LogP contribution in [0.25, 0.3) is 5.65 Å². The number of benzene rings is 2. The zero-order valence-corrected chi connectivity index (χ0v) is 19.4. The Morgan fingerprint density at radius 2 is 1.74 bits per heavy atom. The zero-order valence-electron chi connectivity index (χ0n) is 19.4. The summed E-state index contributed by atoms with van der Waals surface area (Å²) in [5, 5.41) is 2.87. The number of hydrogen-bond donors (Lipinski definition) is 1. The van der Waals surface area contributed by atoms with Gasteiger partial charge in [0.05, 0.1) is 19.9 Å². The topological polar surface area (TPSA) is 91.2 Å². The van der Waals surface area contributed by atoms with Gasteiger partial charge in [0.25, 0.3) is 11.5 Å². The average Bonchev–Trinajstić information content (AvgIpc) is 2.83. The molecule has 0 aliphatic carbocycles. The molecule has 0 fully saturated rings. The largest absolute Gasteiger partial charge is 0.493 e. The highest BCUT2D eigenvalue weighted by Gasteiger charge is 2.12. The van der Waals surface area contributed by atoms with E-state index in [-0.39, 0.29) is 18.1 Å². The molecule has 0 unspecified atom stereocenters. The van der Waals surface area contributed by atoms with E-state index in [2.05, 4.69) is 10.3 Å². The first kappa shape index (κ1) is 22.8. The van der Waals surface area contributed by atoms with Gasteiger partial charge in [0.15, 0.2) is 11.5 Å². The molecule has 4 rings (SSSR count). The number of amides is 1. The molecule has 2 aromatic carbocycles. The van der Waals surface area contributed by atoms with Crippen molar-refractivity contribution in [2.24, 2.45) is 0 Å². The third-order valence-corrected chi connectivity index (χ3v) is 5.34. The summed E-state index contributed by atoms with van der Waals surface area (Å²) in [5.41, 5.74) is 3.82. The lowest BCUT2D eigenvalue weighted by molar-refractivity contribution is 0.102. The van der Waals surface area contributed by atoms with Crippen LogP contribution in [-0.2, 0) is 6.61 Å². The van der Waals surface area contributed by atoms with Crippen LogP contribution in [0.1, 0.15) is 27.2 Å². The summed E-state index contributed by atoms with van der Waals surface area (Å²) in [5.74, 6) is 1.30. The molecule has 0 radical (unpaired) electrons. The van der Waals surface area contributed by atoms with Crippen LogP contribution in [0, 0.1) is 13.8 Å². The Morgan fingerprint density at radius 3 is 2.50 bits per heavy atom. The summed E-state index contributed by atoms with van der Waals surface area (Å²) in [6, 6.07) is 15.5. The summed E-state index contributed by atoms with van der Waals surface area (Å²) in [6.45, 7) is 3.97. The number of aromatic nitrogens is 2. The van der Waals surface area contributed by atoms with Gasteiger partial charge in [-0.3, -0.25) is 14.0 Å². The Bertz CT molecular complexity index is 1430. The first-order valence-electron chi connectivity index (χ1n) is 10.6. The predicted molar refractivity (Wildman–Crippen MR) is 129 cm³/mol. The van der Waals surface area contributed by atoms with Gasteiger partial charge in [0, 0.05) is 29.6 Å². The van der Waals surface area contributed by atoms with Gasteiger partial charge in [-0.2, -0.15) is 0 Å². The first-order valence-corrected chi connectivity index (χ1v) is 10.6. The minimum atomic E-state index is -0.296. The Balaban J connectivity index is 1.51. The molecule has 0 spiro atoms. The number of methoxy groups -OCH3 is 2. The number of carbonyl (C=O) groups is 1. The second kappa shape index (κ2) is 9.66. The van der Waals surface area contributed by atoms with E-state index in [1.807, 2.05) is 32.0 Å². The number of hydrogen-bond acceptors (Lipinski definition) is 6. The van der Waals surface area contributed by atoms with E-state index in [1.165, 1.54) is 24.7 Å². The number of carbonyl (C=O) groups excluding carboxylic acids is 1. The van der Waals surface area contributed by atoms with Crippen LogP contribution in [0.5, 0.6) is 17.2 Å². The van der Waals surface area contributed by atoms with Gasteiger partial charge in [-0.05, 0) is 61.4 Å². The summed E-state index contributed by atoms with van der Waals surface area (Å²) in [7, 11) is 3.06. The smallest absolute Gasteiger partial charge is 0.258 e. The van der Waals surface area contributed by atoms with E-state index in [9.17, 15) is 9.59 Å². The molecule has 4 aromatic rings. The molecule has 1 N–H and O–H groups in total. The second-order valence-corrected chi connectivity index (χ2v) is 7.81. The highest BCUT2D eigenvalue weighted by molar-refractivity contribution is 6.04. The van der Waals surface area contributed by atoms with Gasteiger partial charge in [0.2, 0.25) is 0 Å². The third-order valence-electron chi connectivity index (χ3n) is 5.34. The van der Waals surface area contributed by atoms with Crippen LogP contribution in [0.2, 0.25) is 0 Å². The number of nitrogens with one attached hydrogen (secondary N) is 1. The van der Waals surface area contributed by atoms with E-state index in [4.69, 9.17) is 14.2 Å². The number of anilines is 1. The maximum Gasteiger partial charge on any atom is 0.258 e. The highest BCUT2D eigenvalue weighted by Crippen LogP contribution is 2.28. The fourth-order valence-electron chi connectivity index (χ4n) is 3.49. The summed E-state index contributed by atoms with van der Waals surface area (Å²) in [4.78, 5) is 29.7. The standard InChI is InChI=1S/C26H25N3O5/c1-16-9-10-29-24(11-16)27-20(14-25(29)30)15-34-22-13-19(7-5-17(22)2)28-26(31)18-6-8-21(32-3)23(12-18)33-4/h5-14H,15H2,1-4H3,(H,28,31). The maximum atomic E-state index is 12.8. The van der Waals surface area contributed by atoms with Crippen molar-refractivity contribution >= 4 is 17.2 Å². The van der Waals surface area contributed by atoms with Crippen molar-refractivity contribution in [3.63, 3.8) is 0 Å². The summed E-state index contributed by atoms with van der Waals surface area (Å²) >= 11 is 0. The lowest BCUT2D eigenvalue weighted by atomic mass is 10.1. The molecule has 1 amide bonds. The fourth-order valence-corrected chi connectivity index (χ4v) is 3.49. The molecule has 34 heavy (non-hydrogen) atoms. The molecule has 8 nitrogen and oxygen atoms in total. The van der Waals surface area contributed by atoms with Gasteiger partial charge < -0.3 is 19.5 Å². The van der Waals surface area contributed by atoms with Gasteiger partial charge in [0.1, 0.15) is 18.0 Å². The molecule has 0 aliphatic rings. The van der Waals surface area contributed by atoms with E-state index >= 15 is 0 Å². The van der Waals surface area contributed by atoms with Crippen LogP contribution < -0.4 is 25.1 Å². The zero-order chi connectivity index (χ0) is 24.2. The van der Waals surface area contributed by atoms with Crippen molar-refractivity contribution in [1.29, 1.82) is 0 Å². The average molecular weight is 460 g/mol. The quantitative estimate of drug-likeness (QED) is 0.446. The third kappa shape index (κ3) is 4.85. The lowest BCUT2D eigenvalue weighted by Gasteiger charge is -2.13. The van der Waals surface area contributed by atoms with E-state index < -0.39 is 0 Å². The first-order chi connectivity index (χ1) is 16.4. The molecule has 0 aliphatic heterocycles. The Kier molecular flexibility index (Phi) is 6.49. The van der Waals surface area contributed by atoms with Crippen LogP contribution in [-0.4, -0.2) is 29.5 Å². The number of rotatable bonds is 7. The predicted octanol–water partition coefficient (Wildman–Crippen LogP) is 4.16.